The largest absolute Gasteiger partial charge is 0.443 e. The molecule has 0 saturated carbocycles. The molecule has 34 heavy (non-hydrogen) atoms. The minimum Gasteiger partial charge on any atom is -0.443 e. The van der Waals surface area contributed by atoms with E-state index in [-0.39, 0.29) is 6.61 Å². The van der Waals surface area contributed by atoms with E-state index in [1.807, 2.05) is 30.3 Å². The number of hydrazine groups is 1. The molecule has 0 bridgehead atoms. The highest BCUT2D eigenvalue weighted by atomic mass is 16.6. The Morgan fingerprint density at radius 3 is 2.12 bits per heavy atom. The molecule has 3 rings (SSSR count). The Labute approximate surface area is 199 Å². The predicted molar refractivity (Wildman–Crippen MR) is 125 cm³/mol. The molecular weight excluding hydrogens is 438 g/mol. The Hall–Kier alpha value is -3.59. The first-order valence-corrected chi connectivity index (χ1v) is 10.9. The van der Waals surface area contributed by atoms with Gasteiger partial charge in [-0.15, -0.1) is 0 Å². The fourth-order valence-corrected chi connectivity index (χ4v) is 3.36. The molecule has 0 radical (unpaired) electrons. The maximum atomic E-state index is 13.5. The summed E-state index contributed by atoms with van der Waals surface area (Å²) in [7, 11) is 0. The number of anilines is 1. The summed E-state index contributed by atoms with van der Waals surface area (Å²) < 4.78 is 17.1. The van der Waals surface area contributed by atoms with Gasteiger partial charge < -0.3 is 19.5 Å². The van der Waals surface area contributed by atoms with Crippen LogP contribution in [-0.2, 0) is 31.3 Å². The van der Waals surface area contributed by atoms with Gasteiger partial charge in [-0.05, 0) is 53.2 Å². The minimum atomic E-state index is -2.05. The molecule has 1 unspecified atom stereocenters. The zero-order valence-electron chi connectivity index (χ0n) is 20.3. The Bertz CT molecular complexity index is 1060. The van der Waals surface area contributed by atoms with Crippen molar-refractivity contribution in [3.05, 3.63) is 65.7 Å². The van der Waals surface area contributed by atoms with Crippen LogP contribution in [0.25, 0.3) is 0 Å². The number of hydrogen-bond acceptors (Lipinski definition) is 6. The second-order valence-corrected chi connectivity index (χ2v) is 9.85. The number of benzene rings is 2. The maximum Gasteiger partial charge on any atom is 0.432 e. The van der Waals surface area contributed by atoms with Crippen LogP contribution < -0.4 is 10.7 Å². The second-order valence-electron chi connectivity index (χ2n) is 9.85. The molecular formula is C25H31N3O6. The molecule has 0 saturated heterocycles. The molecule has 1 heterocycles. The van der Waals surface area contributed by atoms with Crippen molar-refractivity contribution in [2.75, 3.05) is 5.32 Å². The number of carbonyl (C=O) groups is 3. The van der Waals surface area contributed by atoms with Crippen LogP contribution in [0, 0.1) is 0 Å². The number of nitrogens with one attached hydrogen (secondary N) is 2. The van der Waals surface area contributed by atoms with Crippen molar-refractivity contribution in [2.24, 2.45) is 0 Å². The number of amides is 3. The van der Waals surface area contributed by atoms with Gasteiger partial charge in [-0.25, -0.2) is 15.0 Å². The molecule has 0 aromatic heterocycles. The van der Waals surface area contributed by atoms with Crippen molar-refractivity contribution in [2.45, 2.75) is 65.1 Å². The third-order valence-electron chi connectivity index (χ3n) is 4.63. The van der Waals surface area contributed by atoms with E-state index in [9.17, 15) is 14.4 Å². The Morgan fingerprint density at radius 2 is 1.50 bits per heavy atom. The van der Waals surface area contributed by atoms with E-state index in [0.29, 0.717) is 11.3 Å². The van der Waals surface area contributed by atoms with E-state index in [2.05, 4.69) is 10.7 Å². The number of hydrogen-bond donors (Lipinski definition) is 2. The second kappa shape index (κ2) is 9.34. The highest BCUT2D eigenvalue weighted by molar-refractivity contribution is 6.06. The van der Waals surface area contributed by atoms with Crippen LogP contribution in [0.2, 0.25) is 0 Å². The molecule has 1 aliphatic heterocycles. The van der Waals surface area contributed by atoms with Gasteiger partial charge in [0.2, 0.25) is 0 Å². The summed E-state index contributed by atoms with van der Waals surface area (Å²) in [6, 6.07) is 15.9. The van der Waals surface area contributed by atoms with E-state index in [4.69, 9.17) is 14.2 Å². The normalized spacial score (nSPS) is 17.4. The average molecular weight is 470 g/mol. The Balaban J connectivity index is 2.10. The predicted octanol–water partition coefficient (Wildman–Crippen LogP) is 4.69. The van der Waals surface area contributed by atoms with Crippen LogP contribution in [0.15, 0.2) is 54.6 Å². The summed E-state index contributed by atoms with van der Waals surface area (Å²) >= 11 is 0. The topological polar surface area (TPSA) is 106 Å². The lowest BCUT2D eigenvalue weighted by atomic mass is 10.0. The van der Waals surface area contributed by atoms with Crippen molar-refractivity contribution in [1.29, 1.82) is 0 Å². The van der Waals surface area contributed by atoms with Crippen molar-refractivity contribution in [3.8, 4) is 0 Å². The maximum absolute atomic E-state index is 13.5. The van der Waals surface area contributed by atoms with Crippen LogP contribution in [0.3, 0.4) is 0 Å². The lowest BCUT2D eigenvalue weighted by Crippen LogP contribution is -2.63. The lowest BCUT2D eigenvalue weighted by molar-refractivity contribution is -0.186. The summed E-state index contributed by atoms with van der Waals surface area (Å²) in [5.41, 5.74) is 0.136. The van der Waals surface area contributed by atoms with E-state index < -0.39 is 35.0 Å². The zero-order valence-corrected chi connectivity index (χ0v) is 20.3. The quantitative estimate of drug-likeness (QED) is 0.497. The zero-order chi connectivity index (χ0) is 25.1. The van der Waals surface area contributed by atoms with Gasteiger partial charge in [0.05, 0.1) is 6.61 Å². The minimum absolute atomic E-state index is 0.0299. The smallest absolute Gasteiger partial charge is 0.432 e. The van der Waals surface area contributed by atoms with E-state index in [0.717, 1.165) is 10.6 Å². The van der Waals surface area contributed by atoms with Gasteiger partial charge in [0.15, 0.2) is 0 Å². The fraction of sp³-hybridized carbons (Fsp3) is 0.400. The molecule has 1 aliphatic rings. The van der Waals surface area contributed by atoms with Gasteiger partial charge in [-0.3, -0.25) is 4.79 Å². The molecule has 0 aliphatic carbocycles. The summed E-state index contributed by atoms with van der Waals surface area (Å²) in [4.78, 5) is 39.6. The molecule has 2 N–H and O–H groups in total. The average Bonchev–Trinajstić information content (AvgIpc) is 3.00. The number of nitrogens with zero attached hydrogens (tertiary/aromatic N) is 1. The van der Waals surface area contributed by atoms with E-state index in [1.165, 1.54) is 0 Å². The number of ether oxygens (including phenoxy) is 3. The standard InChI is InChI=1S/C25H31N3O6/c1-23(2,3)33-21(30)27-28(22(31)34-24(4,5)6)25(32-16-17-12-8-7-9-13-17)18-14-10-11-15-19(18)26-20(25)29/h7-15H,16H2,1-6H3,(H,26,29)(H,27,30). The SMILES string of the molecule is CC(C)(C)OC(=O)NN(C(=O)OC(C)(C)C)C1(OCc2ccccc2)C(=O)Nc2ccccc21. The third kappa shape index (κ3) is 5.66. The van der Waals surface area contributed by atoms with E-state index >= 15 is 0 Å². The third-order valence-corrected chi connectivity index (χ3v) is 4.63. The molecule has 3 amide bonds. The summed E-state index contributed by atoms with van der Waals surface area (Å²) in [6.45, 7) is 10.1. The Morgan fingerprint density at radius 1 is 0.912 bits per heavy atom. The fourth-order valence-electron chi connectivity index (χ4n) is 3.36. The van der Waals surface area contributed by atoms with Crippen molar-refractivity contribution in [3.63, 3.8) is 0 Å². The summed E-state index contributed by atoms with van der Waals surface area (Å²) in [6.07, 6.45) is -1.93. The van der Waals surface area contributed by atoms with Crippen LogP contribution in [0.1, 0.15) is 52.7 Å². The van der Waals surface area contributed by atoms with Gasteiger partial charge in [0, 0.05) is 11.3 Å². The first-order valence-electron chi connectivity index (χ1n) is 10.9. The van der Waals surface area contributed by atoms with Gasteiger partial charge in [-0.1, -0.05) is 48.5 Å². The molecule has 1 atom stereocenters. The monoisotopic (exact) mass is 469 g/mol. The first kappa shape index (κ1) is 25.0. The molecule has 2 aromatic rings. The Kier molecular flexibility index (Phi) is 6.88. The molecule has 0 spiro atoms. The molecule has 2 aromatic carbocycles. The molecule has 9 nitrogen and oxygen atoms in total. The summed E-state index contributed by atoms with van der Waals surface area (Å²) in [5, 5.41) is 3.50. The van der Waals surface area contributed by atoms with Gasteiger partial charge >= 0.3 is 12.2 Å². The van der Waals surface area contributed by atoms with E-state index in [1.54, 1.807) is 65.8 Å². The van der Waals surface area contributed by atoms with Crippen LogP contribution in [0.5, 0.6) is 0 Å². The molecule has 9 heteroatoms. The lowest BCUT2D eigenvalue weighted by Gasteiger charge is -2.39. The highest BCUT2D eigenvalue weighted by Crippen LogP contribution is 2.42. The first-order chi connectivity index (χ1) is 15.8. The number of para-hydroxylation sites is 1. The highest BCUT2D eigenvalue weighted by Gasteiger charge is 2.57. The molecule has 0 fully saturated rings. The number of fused-ring (bicyclic) bond motifs is 1. The number of rotatable bonds is 4. The van der Waals surface area contributed by atoms with Crippen molar-refractivity contribution in [1.82, 2.24) is 10.4 Å². The van der Waals surface area contributed by atoms with Gasteiger partial charge in [-0.2, -0.15) is 5.01 Å². The van der Waals surface area contributed by atoms with Crippen molar-refractivity contribution >= 4 is 23.8 Å². The van der Waals surface area contributed by atoms with Crippen LogP contribution in [0.4, 0.5) is 15.3 Å². The summed E-state index contributed by atoms with van der Waals surface area (Å²) in [5.74, 6) is -0.661. The molecule has 182 valence electrons. The van der Waals surface area contributed by atoms with Crippen LogP contribution in [-0.4, -0.2) is 34.3 Å². The number of carbonyl (C=O) groups excluding carboxylic acids is 3. The van der Waals surface area contributed by atoms with Crippen molar-refractivity contribution < 1.29 is 28.6 Å². The van der Waals surface area contributed by atoms with Crippen LogP contribution >= 0.6 is 0 Å². The van der Waals surface area contributed by atoms with Gasteiger partial charge in [0.1, 0.15) is 11.2 Å². The van der Waals surface area contributed by atoms with Gasteiger partial charge in [0.25, 0.3) is 11.6 Å².